The Morgan fingerprint density at radius 1 is 1.25 bits per heavy atom. The van der Waals surface area contributed by atoms with Gasteiger partial charge in [0.15, 0.2) is 0 Å². The highest BCUT2D eigenvalue weighted by Crippen LogP contribution is 2.17. The molecule has 0 aliphatic carbocycles. The third-order valence-corrected chi connectivity index (χ3v) is 3.26. The lowest BCUT2D eigenvalue weighted by Crippen LogP contribution is -2.22. The number of hydrogen-bond acceptors (Lipinski definition) is 2. The summed E-state index contributed by atoms with van der Waals surface area (Å²) in [6.07, 6.45) is 0. The molecular formula is C14H22N2. The average Bonchev–Trinajstić information content (AvgIpc) is 2.64. The van der Waals surface area contributed by atoms with E-state index in [0.29, 0.717) is 5.92 Å². The molecule has 0 aromatic heterocycles. The van der Waals surface area contributed by atoms with Crippen molar-refractivity contribution in [3.8, 4) is 0 Å². The van der Waals surface area contributed by atoms with Crippen LogP contribution in [0.3, 0.4) is 0 Å². The van der Waals surface area contributed by atoms with Gasteiger partial charge < -0.3 is 0 Å². The highest BCUT2D eigenvalue weighted by molar-refractivity contribution is 5.25. The highest BCUT2D eigenvalue weighted by Gasteiger charge is 2.16. The van der Waals surface area contributed by atoms with Gasteiger partial charge in [-0.05, 0) is 24.1 Å². The van der Waals surface area contributed by atoms with E-state index in [-0.39, 0.29) is 0 Å². The van der Waals surface area contributed by atoms with E-state index < -0.39 is 0 Å². The molecule has 1 aliphatic heterocycles. The number of hydrogen-bond donors (Lipinski definition) is 0. The van der Waals surface area contributed by atoms with Gasteiger partial charge in [-0.25, -0.2) is 0 Å². The van der Waals surface area contributed by atoms with Gasteiger partial charge in [-0.1, -0.05) is 38.1 Å². The molecule has 0 unspecified atom stereocenters. The van der Waals surface area contributed by atoms with Crippen LogP contribution in [0.1, 0.15) is 30.9 Å². The largest absolute Gasteiger partial charge is 0.292 e. The fourth-order valence-corrected chi connectivity index (χ4v) is 2.23. The molecule has 88 valence electrons. The molecular weight excluding hydrogens is 196 g/mol. The molecule has 1 aromatic rings. The third kappa shape index (κ3) is 2.83. The van der Waals surface area contributed by atoms with Gasteiger partial charge in [-0.3, -0.25) is 9.80 Å². The van der Waals surface area contributed by atoms with Gasteiger partial charge in [0.05, 0.1) is 6.67 Å². The Balaban J connectivity index is 2.01. The van der Waals surface area contributed by atoms with Gasteiger partial charge in [0.2, 0.25) is 0 Å². The number of rotatable bonds is 3. The van der Waals surface area contributed by atoms with Crippen LogP contribution in [0.4, 0.5) is 0 Å². The van der Waals surface area contributed by atoms with Crippen LogP contribution in [-0.4, -0.2) is 36.6 Å². The first-order chi connectivity index (χ1) is 7.65. The molecule has 0 bridgehead atoms. The molecule has 1 fully saturated rings. The molecule has 0 atom stereocenters. The van der Waals surface area contributed by atoms with Crippen LogP contribution in [0, 0.1) is 0 Å². The molecule has 0 saturated carbocycles. The molecule has 1 aliphatic rings. The maximum Gasteiger partial charge on any atom is 0.0507 e. The second kappa shape index (κ2) is 4.98. The fraction of sp³-hybridized carbons (Fsp3) is 0.571. The maximum absolute atomic E-state index is 2.50. The van der Waals surface area contributed by atoms with Crippen molar-refractivity contribution >= 4 is 0 Å². The van der Waals surface area contributed by atoms with Crippen molar-refractivity contribution in [2.75, 3.05) is 26.8 Å². The van der Waals surface area contributed by atoms with Crippen molar-refractivity contribution in [2.24, 2.45) is 0 Å². The van der Waals surface area contributed by atoms with E-state index in [2.05, 4.69) is 55.0 Å². The summed E-state index contributed by atoms with van der Waals surface area (Å²) in [4.78, 5) is 4.87. The summed E-state index contributed by atoms with van der Waals surface area (Å²) in [6, 6.07) is 9.00. The topological polar surface area (TPSA) is 6.48 Å². The summed E-state index contributed by atoms with van der Waals surface area (Å²) >= 11 is 0. The van der Waals surface area contributed by atoms with Gasteiger partial charge in [0.25, 0.3) is 0 Å². The van der Waals surface area contributed by atoms with Gasteiger partial charge in [-0.15, -0.1) is 0 Å². The Morgan fingerprint density at radius 3 is 2.69 bits per heavy atom. The molecule has 2 rings (SSSR count). The second-order valence-electron chi connectivity index (χ2n) is 5.17. The van der Waals surface area contributed by atoms with E-state index >= 15 is 0 Å². The molecule has 1 aromatic carbocycles. The van der Waals surface area contributed by atoms with E-state index in [1.54, 1.807) is 0 Å². The fourth-order valence-electron chi connectivity index (χ4n) is 2.23. The quantitative estimate of drug-likeness (QED) is 0.769. The first kappa shape index (κ1) is 11.6. The summed E-state index contributed by atoms with van der Waals surface area (Å²) < 4.78 is 0. The lowest BCUT2D eigenvalue weighted by molar-refractivity contribution is 0.268. The van der Waals surface area contributed by atoms with Gasteiger partial charge in [0.1, 0.15) is 0 Å². The van der Waals surface area contributed by atoms with Crippen molar-refractivity contribution in [2.45, 2.75) is 26.3 Å². The average molecular weight is 218 g/mol. The minimum atomic E-state index is 0.626. The van der Waals surface area contributed by atoms with E-state index in [9.17, 15) is 0 Å². The van der Waals surface area contributed by atoms with Gasteiger partial charge in [0, 0.05) is 19.6 Å². The van der Waals surface area contributed by atoms with Crippen molar-refractivity contribution < 1.29 is 0 Å². The zero-order valence-corrected chi connectivity index (χ0v) is 10.6. The first-order valence-electron chi connectivity index (χ1n) is 6.15. The van der Waals surface area contributed by atoms with Crippen LogP contribution in [0.15, 0.2) is 24.3 Å². The second-order valence-corrected chi connectivity index (χ2v) is 5.17. The van der Waals surface area contributed by atoms with E-state index in [1.807, 2.05) is 0 Å². The zero-order chi connectivity index (χ0) is 11.5. The Kier molecular flexibility index (Phi) is 3.62. The maximum atomic E-state index is 2.50. The van der Waals surface area contributed by atoms with Crippen molar-refractivity contribution in [1.29, 1.82) is 0 Å². The van der Waals surface area contributed by atoms with Crippen LogP contribution >= 0.6 is 0 Å². The highest BCUT2D eigenvalue weighted by atomic mass is 15.4. The standard InChI is InChI=1S/C14H22N2/c1-12(2)14-6-4-5-13(9-14)10-16-8-7-15(3)11-16/h4-6,9,12H,7-8,10-11H2,1-3H3. The normalized spacial score (nSPS) is 18.5. The summed E-state index contributed by atoms with van der Waals surface area (Å²) in [5, 5.41) is 0. The molecule has 1 saturated heterocycles. The predicted octanol–water partition coefficient (Wildman–Crippen LogP) is 2.51. The van der Waals surface area contributed by atoms with Gasteiger partial charge in [-0.2, -0.15) is 0 Å². The number of likely N-dealkylation sites (N-methyl/N-ethyl adjacent to an activating group) is 1. The lowest BCUT2D eigenvalue weighted by Gasteiger charge is -2.16. The Hall–Kier alpha value is -0.860. The van der Waals surface area contributed by atoms with Crippen molar-refractivity contribution in [3.63, 3.8) is 0 Å². The van der Waals surface area contributed by atoms with Crippen LogP contribution in [-0.2, 0) is 6.54 Å². The molecule has 1 heterocycles. The van der Waals surface area contributed by atoms with E-state index in [4.69, 9.17) is 0 Å². The van der Waals surface area contributed by atoms with Gasteiger partial charge >= 0.3 is 0 Å². The Morgan fingerprint density at radius 2 is 2.06 bits per heavy atom. The lowest BCUT2D eigenvalue weighted by atomic mass is 10.0. The van der Waals surface area contributed by atoms with Crippen LogP contribution in [0.25, 0.3) is 0 Å². The van der Waals surface area contributed by atoms with Crippen molar-refractivity contribution in [3.05, 3.63) is 35.4 Å². The third-order valence-electron chi connectivity index (χ3n) is 3.26. The monoisotopic (exact) mass is 218 g/mol. The summed E-state index contributed by atoms with van der Waals surface area (Å²) in [5.41, 5.74) is 2.89. The smallest absolute Gasteiger partial charge is 0.0507 e. The summed E-state index contributed by atoms with van der Waals surface area (Å²) in [5.74, 6) is 0.626. The molecule has 0 amide bonds. The number of benzene rings is 1. The number of nitrogens with zero attached hydrogens (tertiary/aromatic N) is 2. The van der Waals surface area contributed by atoms with Crippen LogP contribution < -0.4 is 0 Å². The minimum absolute atomic E-state index is 0.626. The SMILES string of the molecule is CC(C)c1cccc(CN2CCN(C)C2)c1. The summed E-state index contributed by atoms with van der Waals surface area (Å²) in [6.45, 7) is 9.09. The van der Waals surface area contributed by atoms with E-state index in [0.717, 1.165) is 13.2 Å². The Bertz CT molecular complexity index is 346. The van der Waals surface area contributed by atoms with Crippen LogP contribution in [0.2, 0.25) is 0 Å². The molecule has 0 radical (unpaired) electrons. The molecule has 0 spiro atoms. The van der Waals surface area contributed by atoms with Crippen molar-refractivity contribution in [1.82, 2.24) is 9.80 Å². The zero-order valence-electron chi connectivity index (χ0n) is 10.6. The molecule has 2 heteroatoms. The first-order valence-corrected chi connectivity index (χ1v) is 6.15. The molecule has 0 N–H and O–H groups in total. The van der Waals surface area contributed by atoms with E-state index in [1.165, 1.54) is 24.2 Å². The predicted molar refractivity (Wildman–Crippen MR) is 68.4 cm³/mol. The molecule has 2 nitrogen and oxygen atoms in total. The summed E-state index contributed by atoms with van der Waals surface area (Å²) in [7, 11) is 2.19. The van der Waals surface area contributed by atoms with Crippen LogP contribution in [0.5, 0.6) is 0 Å². The Labute approximate surface area is 98.9 Å². The molecule has 16 heavy (non-hydrogen) atoms. The minimum Gasteiger partial charge on any atom is -0.292 e.